The van der Waals surface area contributed by atoms with E-state index in [1.54, 1.807) is 19.2 Å². The SMILES string of the molecule is CCCOc1nc(NCCC(=O)NC)ccc1N. The highest BCUT2D eigenvalue weighted by atomic mass is 16.5. The van der Waals surface area contributed by atoms with Crippen molar-refractivity contribution in [3.05, 3.63) is 12.1 Å². The van der Waals surface area contributed by atoms with Gasteiger partial charge in [0.25, 0.3) is 0 Å². The second kappa shape index (κ2) is 7.37. The van der Waals surface area contributed by atoms with Crippen molar-refractivity contribution in [1.29, 1.82) is 0 Å². The maximum Gasteiger partial charge on any atom is 0.239 e. The molecule has 1 aromatic rings. The summed E-state index contributed by atoms with van der Waals surface area (Å²) in [4.78, 5) is 15.3. The van der Waals surface area contributed by atoms with Crippen molar-refractivity contribution in [3.63, 3.8) is 0 Å². The maximum absolute atomic E-state index is 11.0. The lowest BCUT2D eigenvalue weighted by atomic mass is 10.3. The highest BCUT2D eigenvalue weighted by Crippen LogP contribution is 2.20. The summed E-state index contributed by atoms with van der Waals surface area (Å²) in [6.07, 6.45) is 1.29. The van der Waals surface area contributed by atoms with Gasteiger partial charge in [0.15, 0.2) is 0 Å². The number of rotatable bonds is 7. The molecule has 100 valence electrons. The third-order valence-corrected chi connectivity index (χ3v) is 2.27. The Balaban J connectivity index is 2.53. The first-order valence-electron chi connectivity index (χ1n) is 6.01. The van der Waals surface area contributed by atoms with Gasteiger partial charge >= 0.3 is 0 Å². The lowest BCUT2D eigenvalue weighted by molar-refractivity contribution is -0.120. The van der Waals surface area contributed by atoms with E-state index in [0.717, 1.165) is 6.42 Å². The van der Waals surface area contributed by atoms with Crippen molar-refractivity contribution in [3.8, 4) is 5.88 Å². The Labute approximate surface area is 107 Å². The summed E-state index contributed by atoms with van der Waals surface area (Å²) in [5, 5.41) is 5.60. The molecule has 18 heavy (non-hydrogen) atoms. The lowest BCUT2D eigenvalue weighted by Gasteiger charge is -2.10. The van der Waals surface area contributed by atoms with E-state index in [2.05, 4.69) is 15.6 Å². The van der Waals surface area contributed by atoms with Crippen LogP contribution < -0.4 is 21.1 Å². The number of hydrogen-bond donors (Lipinski definition) is 3. The van der Waals surface area contributed by atoms with Crippen molar-refractivity contribution in [2.24, 2.45) is 0 Å². The molecule has 1 amide bonds. The number of aromatic nitrogens is 1. The van der Waals surface area contributed by atoms with Crippen molar-refractivity contribution in [2.45, 2.75) is 19.8 Å². The Bertz CT molecular complexity index is 396. The summed E-state index contributed by atoms with van der Waals surface area (Å²) in [6.45, 7) is 3.12. The molecule has 6 nitrogen and oxygen atoms in total. The molecule has 0 bridgehead atoms. The normalized spacial score (nSPS) is 9.89. The van der Waals surface area contributed by atoms with E-state index in [9.17, 15) is 4.79 Å². The molecule has 6 heteroatoms. The first-order chi connectivity index (χ1) is 8.67. The van der Waals surface area contributed by atoms with Crippen molar-refractivity contribution < 1.29 is 9.53 Å². The summed E-state index contributed by atoms with van der Waals surface area (Å²) in [6, 6.07) is 3.50. The van der Waals surface area contributed by atoms with E-state index in [4.69, 9.17) is 10.5 Å². The Morgan fingerprint density at radius 3 is 2.94 bits per heavy atom. The Morgan fingerprint density at radius 1 is 1.50 bits per heavy atom. The number of pyridine rings is 1. The van der Waals surface area contributed by atoms with Gasteiger partial charge in [-0.25, -0.2) is 0 Å². The Kier molecular flexibility index (Phi) is 5.76. The number of amides is 1. The molecule has 0 radical (unpaired) electrons. The van der Waals surface area contributed by atoms with Crippen LogP contribution in [0.15, 0.2) is 12.1 Å². The topological polar surface area (TPSA) is 89.3 Å². The lowest BCUT2D eigenvalue weighted by Crippen LogP contribution is -2.21. The average Bonchev–Trinajstić information content (AvgIpc) is 2.38. The van der Waals surface area contributed by atoms with Crippen molar-refractivity contribution >= 4 is 17.4 Å². The number of nitrogens with zero attached hydrogens (tertiary/aromatic N) is 1. The molecule has 0 saturated carbocycles. The molecular formula is C12H20N4O2. The minimum atomic E-state index is -0.0135. The first kappa shape index (κ1) is 14.1. The van der Waals surface area contributed by atoms with E-state index in [1.165, 1.54) is 0 Å². The highest BCUT2D eigenvalue weighted by Gasteiger charge is 2.04. The van der Waals surface area contributed by atoms with E-state index in [0.29, 0.717) is 37.0 Å². The first-order valence-corrected chi connectivity index (χ1v) is 6.01. The zero-order chi connectivity index (χ0) is 13.4. The number of nitrogens with one attached hydrogen (secondary N) is 2. The van der Waals surface area contributed by atoms with Crippen LogP contribution in [-0.4, -0.2) is 31.1 Å². The minimum Gasteiger partial charge on any atom is -0.476 e. The fourth-order valence-electron chi connectivity index (χ4n) is 1.29. The van der Waals surface area contributed by atoms with Gasteiger partial charge in [-0.3, -0.25) is 4.79 Å². The van der Waals surface area contributed by atoms with Gasteiger partial charge in [-0.05, 0) is 18.6 Å². The van der Waals surface area contributed by atoms with E-state index >= 15 is 0 Å². The van der Waals surface area contributed by atoms with Gasteiger partial charge in [0.2, 0.25) is 11.8 Å². The average molecular weight is 252 g/mol. The molecular weight excluding hydrogens is 232 g/mol. The fraction of sp³-hybridized carbons (Fsp3) is 0.500. The van der Waals surface area contributed by atoms with Crippen LogP contribution in [0.4, 0.5) is 11.5 Å². The summed E-state index contributed by atoms with van der Waals surface area (Å²) < 4.78 is 5.42. The van der Waals surface area contributed by atoms with Gasteiger partial charge in [-0.15, -0.1) is 0 Å². The van der Waals surface area contributed by atoms with Crippen LogP contribution in [0.1, 0.15) is 19.8 Å². The van der Waals surface area contributed by atoms with Gasteiger partial charge in [-0.2, -0.15) is 4.98 Å². The summed E-state index contributed by atoms with van der Waals surface area (Å²) in [5.74, 6) is 1.07. The number of carbonyl (C=O) groups is 1. The van der Waals surface area contributed by atoms with Crippen LogP contribution in [0, 0.1) is 0 Å². The van der Waals surface area contributed by atoms with E-state index < -0.39 is 0 Å². The van der Waals surface area contributed by atoms with Gasteiger partial charge in [0.1, 0.15) is 5.82 Å². The number of ether oxygens (including phenoxy) is 1. The molecule has 0 atom stereocenters. The molecule has 0 spiro atoms. The van der Waals surface area contributed by atoms with Crippen LogP contribution in [-0.2, 0) is 4.79 Å². The molecule has 0 aliphatic rings. The molecule has 0 aliphatic carbocycles. The van der Waals surface area contributed by atoms with E-state index in [-0.39, 0.29) is 5.91 Å². The van der Waals surface area contributed by atoms with Crippen LogP contribution >= 0.6 is 0 Å². The van der Waals surface area contributed by atoms with Crippen LogP contribution in [0.5, 0.6) is 5.88 Å². The van der Waals surface area contributed by atoms with Crippen LogP contribution in [0.3, 0.4) is 0 Å². The second-order valence-corrected chi connectivity index (χ2v) is 3.79. The largest absolute Gasteiger partial charge is 0.476 e. The van der Waals surface area contributed by atoms with Crippen LogP contribution in [0.25, 0.3) is 0 Å². The number of anilines is 2. The van der Waals surface area contributed by atoms with Gasteiger partial charge in [-0.1, -0.05) is 6.92 Å². The molecule has 0 fully saturated rings. The van der Waals surface area contributed by atoms with Crippen molar-refractivity contribution in [2.75, 3.05) is 31.2 Å². The van der Waals surface area contributed by atoms with Crippen molar-refractivity contribution in [1.82, 2.24) is 10.3 Å². The Morgan fingerprint density at radius 2 is 2.28 bits per heavy atom. The Hall–Kier alpha value is -1.98. The molecule has 4 N–H and O–H groups in total. The van der Waals surface area contributed by atoms with Crippen LogP contribution in [0.2, 0.25) is 0 Å². The molecule has 1 heterocycles. The fourth-order valence-corrected chi connectivity index (χ4v) is 1.29. The number of carbonyl (C=O) groups excluding carboxylic acids is 1. The predicted molar refractivity (Wildman–Crippen MR) is 71.6 cm³/mol. The molecule has 0 aliphatic heterocycles. The third kappa shape index (κ3) is 4.48. The zero-order valence-electron chi connectivity index (χ0n) is 10.8. The zero-order valence-corrected chi connectivity index (χ0v) is 10.8. The van der Waals surface area contributed by atoms with Gasteiger partial charge < -0.3 is 21.1 Å². The molecule has 0 saturated heterocycles. The molecule has 1 aromatic heterocycles. The summed E-state index contributed by atoms with van der Waals surface area (Å²) in [7, 11) is 1.61. The highest BCUT2D eigenvalue weighted by molar-refractivity contribution is 5.76. The molecule has 0 unspecified atom stereocenters. The summed E-state index contributed by atoms with van der Waals surface area (Å²) >= 11 is 0. The van der Waals surface area contributed by atoms with Gasteiger partial charge in [0.05, 0.1) is 12.3 Å². The number of nitrogen functional groups attached to an aromatic ring is 1. The maximum atomic E-state index is 11.0. The standard InChI is InChI=1S/C12H20N4O2/c1-3-8-18-12-9(13)4-5-10(16-12)15-7-6-11(17)14-2/h4-5H,3,6-8,13H2,1-2H3,(H,14,17)(H,15,16). The minimum absolute atomic E-state index is 0.0135. The number of hydrogen-bond acceptors (Lipinski definition) is 5. The number of nitrogens with two attached hydrogens (primary N) is 1. The third-order valence-electron chi connectivity index (χ3n) is 2.27. The predicted octanol–water partition coefficient (Wildman–Crippen LogP) is 1.00. The molecule has 1 rings (SSSR count). The monoisotopic (exact) mass is 252 g/mol. The van der Waals surface area contributed by atoms with E-state index in [1.807, 2.05) is 6.92 Å². The second-order valence-electron chi connectivity index (χ2n) is 3.79. The quantitative estimate of drug-likeness (QED) is 0.673. The molecule has 0 aromatic carbocycles. The summed E-state index contributed by atoms with van der Waals surface area (Å²) in [5.41, 5.74) is 6.26. The van der Waals surface area contributed by atoms with Gasteiger partial charge in [0, 0.05) is 20.0 Å². The smallest absolute Gasteiger partial charge is 0.239 e.